The highest BCUT2D eigenvalue weighted by atomic mass is 32.2. The topological polar surface area (TPSA) is 88.8 Å². The first-order valence-corrected chi connectivity index (χ1v) is 10.2. The monoisotopic (exact) mass is 434 g/mol. The van der Waals surface area contributed by atoms with Crippen LogP contribution in [0.2, 0.25) is 0 Å². The maximum atomic E-state index is 12.7. The van der Waals surface area contributed by atoms with Gasteiger partial charge in [-0.15, -0.1) is 0 Å². The number of rotatable bonds is 6. The number of hydrogen-bond acceptors (Lipinski definition) is 6. The number of nitrogens with one attached hydrogen (secondary N) is 1. The van der Waals surface area contributed by atoms with E-state index in [9.17, 15) is 14.4 Å². The smallest absolute Gasteiger partial charge is 0.294 e. The normalized spacial score (nSPS) is 14.9. The van der Waals surface area contributed by atoms with E-state index >= 15 is 0 Å². The molecular weight excluding hydrogens is 416 g/mol. The Bertz CT molecular complexity index is 1170. The Morgan fingerprint density at radius 1 is 1.06 bits per heavy atom. The molecule has 4 rings (SSSR count). The summed E-state index contributed by atoms with van der Waals surface area (Å²) < 4.78 is 11.0. The molecule has 156 valence electrons. The van der Waals surface area contributed by atoms with E-state index in [0.717, 1.165) is 22.2 Å². The predicted octanol–water partition coefficient (Wildman–Crippen LogP) is 4.63. The number of methoxy groups -OCH3 is 1. The number of thioether (sulfide) groups is 1. The molecule has 7 nitrogen and oxygen atoms in total. The number of anilines is 1. The van der Waals surface area contributed by atoms with E-state index in [4.69, 9.17) is 9.15 Å². The molecule has 0 unspecified atom stereocenters. The molecule has 3 amide bonds. The Labute approximate surface area is 182 Å². The fourth-order valence-corrected chi connectivity index (χ4v) is 3.85. The molecule has 3 aromatic rings. The van der Waals surface area contributed by atoms with Crippen molar-refractivity contribution >= 4 is 40.6 Å². The van der Waals surface area contributed by atoms with Crippen molar-refractivity contribution in [3.05, 3.63) is 77.4 Å². The second-order valence-electron chi connectivity index (χ2n) is 6.58. The second kappa shape index (κ2) is 8.93. The van der Waals surface area contributed by atoms with Crippen molar-refractivity contribution in [2.75, 3.05) is 19.0 Å². The fraction of sp³-hybridized carbons (Fsp3) is 0.0870. The highest BCUT2D eigenvalue weighted by molar-refractivity contribution is 8.18. The Morgan fingerprint density at radius 2 is 1.81 bits per heavy atom. The molecule has 8 heteroatoms. The van der Waals surface area contributed by atoms with Gasteiger partial charge in [0.05, 0.1) is 17.7 Å². The third kappa shape index (κ3) is 4.54. The van der Waals surface area contributed by atoms with Crippen LogP contribution in [0.3, 0.4) is 0 Å². The predicted molar refractivity (Wildman–Crippen MR) is 118 cm³/mol. The molecule has 0 saturated carbocycles. The summed E-state index contributed by atoms with van der Waals surface area (Å²) in [6.45, 7) is -0.395. The molecule has 1 saturated heterocycles. The number of benzene rings is 2. The number of hydrogen-bond donors (Lipinski definition) is 1. The van der Waals surface area contributed by atoms with Gasteiger partial charge in [-0.3, -0.25) is 19.3 Å². The van der Waals surface area contributed by atoms with E-state index in [1.807, 2.05) is 30.3 Å². The van der Waals surface area contributed by atoms with Gasteiger partial charge in [0.15, 0.2) is 0 Å². The molecule has 2 heterocycles. The van der Waals surface area contributed by atoms with Gasteiger partial charge in [-0.1, -0.05) is 42.5 Å². The molecule has 2 aromatic carbocycles. The van der Waals surface area contributed by atoms with E-state index in [1.54, 1.807) is 36.4 Å². The molecule has 1 aliphatic rings. The van der Waals surface area contributed by atoms with Crippen LogP contribution >= 0.6 is 11.8 Å². The number of nitrogens with zero attached hydrogens (tertiary/aromatic N) is 1. The molecule has 1 N–H and O–H groups in total. The highest BCUT2D eigenvalue weighted by Gasteiger charge is 2.36. The van der Waals surface area contributed by atoms with E-state index < -0.39 is 23.6 Å². The minimum Gasteiger partial charge on any atom is -0.495 e. The van der Waals surface area contributed by atoms with Crippen LogP contribution in [0.15, 0.2) is 76.1 Å². The van der Waals surface area contributed by atoms with Crippen LogP contribution in [-0.4, -0.2) is 35.6 Å². The quantitative estimate of drug-likeness (QED) is 0.569. The van der Waals surface area contributed by atoms with Crippen molar-refractivity contribution < 1.29 is 23.5 Å². The number of imide groups is 1. The van der Waals surface area contributed by atoms with Gasteiger partial charge in [-0.05, 0) is 36.0 Å². The average Bonchev–Trinajstić information content (AvgIpc) is 3.35. The Hall–Kier alpha value is -3.78. The van der Waals surface area contributed by atoms with E-state index in [2.05, 4.69) is 5.32 Å². The van der Waals surface area contributed by atoms with Crippen molar-refractivity contribution in [1.82, 2.24) is 4.90 Å². The van der Waals surface area contributed by atoms with Gasteiger partial charge in [0.2, 0.25) is 5.91 Å². The molecule has 0 bridgehead atoms. The van der Waals surface area contributed by atoms with Crippen LogP contribution in [0.4, 0.5) is 10.5 Å². The van der Waals surface area contributed by atoms with Gasteiger partial charge < -0.3 is 14.5 Å². The Morgan fingerprint density at radius 3 is 2.58 bits per heavy atom. The van der Waals surface area contributed by atoms with Gasteiger partial charge in [0.25, 0.3) is 11.1 Å². The number of para-hydroxylation sites is 2. The van der Waals surface area contributed by atoms with Gasteiger partial charge in [-0.25, -0.2) is 0 Å². The highest BCUT2D eigenvalue weighted by Crippen LogP contribution is 2.33. The van der Waals surface area contributed by atoms with Gasteiger partial charge >= 0.3 is 0 Å². The molecule has 1 aromatic heterocycles. The van der Waals surface area contributed by atoms with Crippen molar-refractivity contribution in [1.29, 1.82) is 0 Å². The summed E-state index contributed by atoms with van der Waals surface area (Å²) in [6.07, 6.45) is 1.51. The lowest BCUT2D eigenvalue weighted by Gasteiger charge is -2.14. The van der Waals surface area contributed by atoms with Crippen molar-refractivity contribution in [2.45, 2.75) is 0 Å². The molecule has 0 atom stereocenters. The van der Waals surface area contributed by atoms with Gasteiger partial charge in [0, 0.05) is 11.6 Å². The third-order valence-corrected chi connectivity index (χ3v) is 5.42. The first-order chi connectivity index (χ1) is 15.0. The number of ether oxygens (including phenoxy) is 1. The van der Waals surface area contributed by atoms with Crippen molar-refractivity contribution in [2.24, 2.45) is 0 Å². The van der Waals surface area contributed by atoms with E-state index in [1.165, 1.54) is 13.2 Å². The first-order valence-electron chi connectivity index (χ1n) is 9.38. The van der Waals surface area contributed by atoms with Crippen LogP contribution in [0, 0.1) is 0 Å². The Kier molecular flexibility index (Phi) is 5.90. The lowest BCUT2D eigenvalue weighted by atomic mass is 10.2. The van der Waals surface area contributed by atoms with Crippen LogP contribution in [0.1, 0.15) is 5.76 Å². The van der Waals surface area contributed by atoms with Gasteiger partial charge in [-0.2, -0.15) is 0 Å². The number of amides is 3. The maximum absolute atomic E-state index is 12.7. The first kappa shape index (κ1) is 20.5. The van der Waals surface area contributed by atoms with Gasteiger partial charge in [0.1, 0.15) is 23.8 Å². The molecular formula is C23H18N2O5S. The summed E-state index contributed by atoms with van der Waals surface area (Å²) >= 11 is 0.771. The zero-order valence-corrected chi connectivity index (χ0v) is 17.3. The summed E-state index contributed by atoms with van der Waals surface area (Å²) in [7, 11) is 1.49. The minimum atomic E-state index is -0.539. The molecule has 0 aliphatic carbocycles. The fourth-order valence-electron chi connectivity index (χ4n) is 3.03. The summed E-state index contributed by atoms with van der Waals surface area (Å²) in [6, 6.07) is 20.0. The minimum absolute atomic E-state index is 0.198. The lowest BCUT2D eigenvalue weighted by molar-refractivity contribution is -0.127. The maximum Gasteiger partial charge on any atom is 0.294 e. The summed E-state index contributed by atoms with van der Waals surface area (Å²) in [5, 5.41) is 2.15. The number of carbonyl (C=O) groups is 3. The Balaban J connectivity index is 1.45. The lowest BCUT2D eigenvalue weighted by Crippen LogP contribution is -2.36. The molecule has 31 heavy (non-hydrogen) atoms. The zero-order chi connectivity index (χ0) is 21.8. The van der Waals surface area contributed by atoms with Crippen molar-refractivity contribution in [3.63, 3.8) is 0 Å². The standard InChI is InChI=1S/C23H18N2O5S/c1-29-19-10-6-5-9-17(19)24-21(26)14-25-22(27)20(31-23(25)28)13-16-11-12-18(30-16)15-7-3-2-4-8-15/h2-13H,14H2,1H3,(H,24,26)/b20-13-. The summed E-state index contributed by atoms with van der Waals surface area (Å²) in [5.41, 5.74) is 1.37. The summed E-state index contributed by atoms with van der Waals surface area (Å²) in [5.74, 6) is 0.544. The largest absolute Gasteiger partial charge is 0.495 e. The number of furan rings is 1. The molecule has 1 fully saturated rings. The number of carbonyl (C=O) groups excluding carboxylic acids is 3. The second-order valence-corrected chi connectivity index (χ2v) is 7.58. The van der Waals surface area contributed by atoms with Crippen LogP contribution in [0.25, 0.3) is 17.4 Å². The zero-order valence-electron chi connectivity index (χ0n) is 16.5. The van der Waals surface area contributed by atoms with E-state index in [0.29, 0.717) is 23.0 Å². The molecule has 1 aliphatic heterocycles. The molecule has 0 spiro atoms. The average molecular weight is 434 g/mol. The molecule has 0 radical (unpaired) electrons. The summed E-state index contributed by atoms with van der Waals surface area (Å²) in [4.78, 5) is 38.5. The van der Waals surface area contributed by atoms with Crippen molar-refractivity contribution in [3.8, 4) is 17.1 Å². The van der Waals surface area contributed by atoms with Crippen LogP contribution in [-0.2, 0) is 9.59 Å². The SMILES string of the molecule is COc1ccccc1NC(=O)CN1C(=O)S/C(=C\c2ccc(-c3ccccc3)o2)C1=O. The third-order valence-electron chi connectivity index (χ3n) is 4.51. The van der Waals surface area contributed by atoms with E-state index in [-0.39, 0.29) is 4.91 Å². The van der Waals surface area contributed by atoms with Crippen LogP contribution < -0.4 is 10.1 Å². The van der Waals surface area contributed by atoms with Crippen LogP contribution in [0.5, 0.6) is 5.75 Å².